The molecule has 7 nitrogen and oxygen atoms in total. The number of aromatic nitrogens is 3. The summed E-state index contributed by atoms with van der Waals surface area (Å²) in [6, 6.07) is 17.7. The van der Waals surface area contributed by atoms with Gasteiger partial charge in [0.1, 0.15) is 5.75 Å². The summed E-state index contributed by atoms with van der Waals surface area (Å²) in [4.78, 5) is 12.5. The molecule has 0 bridgehead atoms. The monoisotopic (exact) mass is 380 g/mol. The van der Waals surface area contributed by atoms with Crippen molar-refractivity contribution in [3.63, 3.8) is 0 Å². The third-order valence-electron chi connectivity index (χ3n) is 4.37. The average Bonchev–Trinajstić information content (AvgIpc) is 3.14. The van der Waals surface area contributed by atoms with Crippen molar-refractivity contribution in [1.82, 2.24) is 20.3 Å². The van der Waals surface area contributed by atoms with E-state index in [0.29, 0.717) is 19.0 Å². The highest BCUT2D eigenvalue weighted by molar-refractivity contribution is 5.94. The summed E-state index contributed by atoms with van der Waals surface area (Å²) in [5.41, 5.74) is 2.36. The molecule has 0 saturated carbocycles. The predicted molar refractivity (Wildman–Crippen MR) is 106 cm³/mol. The number of carbonyl (C=O) groups is 1. The van der Waals surface area contributed by atoms with Gasteiger partial charge in [-0.3, -0.25) is 4.79 Å². The first-order chi connectivity index (χ1) is 13.7. The Hall–Kier alpha value is -3.35. The number of amides is 1. The second-order valence-electron chi connectivity index (χ2n) is 6.26. The van der Waals surface area contributed by atoms with Crippen LogP contribution in [0.15, 0.2) is 54.6 Å². The fraction of sp³-hybridized carbons (Fsp3) is 0.286. The van der Waals surface area contributed by atoms with Crippen LogP contribution in [0.3, 0.4) is 0 Å². The van der Waals surface area contributed by atoms with Crippen LogP contribution in [-0.4, -0.2) is 41.7 Å². The second kappa shape index (κ2) is 9.55. The summed E-state index contributed by atoms with van der Waals surface area (Å²) in [5, 5.41) is 11.0. The molecule has 0 atom stereocenters. The molecule has 0 radical (unpaired) electrons. The van der Waals surface area contributed by atoms with Gasteiger partial charge in [0.25, 0.3) is 5.91 Å². The Morgan fingerprint density at radius 2 is 1.79 bits per heavy atom. The molecular weight excluding hydrogens is 356 g/mol. The summed E-state index contributed by atoms with van der Waals surface area (Å²) in [6.07, 6.45) is 1.59. The van der Waals surface area contributed by atoms with Gasteiger partial charge in [-0.05, 0) is 30.0 Å². The first-order valence-corrected chi connectivity index (χ1v) is 9.14. The Bertz CT molecular complexity index is 909. The van der Waals surface area contributed by atoms with Gasteiger partial charge < -0.3 is 14.8 Å². The fourth-order valence-electron chi connectivity index (χ4n) is 2.98. The van der Waals surface area contributed by atoms with E-state index in [0.717, 1.165) is 29.7 Å². The topological polar surface area (TPSA) is 78.3 Å². The summed E-state index contributed by atoms with van der Waals surface area (Å²) < 4.78 is 12.3. The van der Waals surface area contributed by atoms with E-state index in [1.54, 1.807) is 11.8 Å². The Balaban J connectivity index is 1.57. The van der Waals surface area contributed by atoms with Crippen LogP contribution in [0.4, 0.5) is 0 Å². The Labute approximate surface area is 164 Å². The number of benzene rings is 2. The van der Waals surface area contributed by atoms with Crippen LogP contribution in [0, 0.1) is 0 Å². The third-order valence-corrected chi connectivity index (χ3v) is 4.37. The van der Waals surface area contributed by atoms with E-state index in [2.05, 4.69) is 15.6 Å². The van der Waals surface area contributed by atoms with Crippen LogP contribution < -0.4 is 14.8 Å². The lowest BCUT2D eigenvalue weighted by atomic mass is 10.1. The molecule has 3 aromatic rings. The van der Waals surface area contributed by atoms with Crippen molar-refractivity contribution < 1.29 is 14.3 Å². The summed E-state index contributed by atoms with van der Waals surface area (Å²) in [5.74, 6) is 0.918. The van der Waals surface area contributed by atoms with Gasteiger partial charge in [0.05, 0.1) is 20.8 Å². The number of hydrogen-bond donors (Lipinski definition) is 1. The van der Waals surface area contributed by atoms with Crippen molar-refractivity contribution in [3.8, 4) is 11.6 Å². The second-order valence-corrected chi connectivity index (χ2v) is 6.26. The number of methoxy groups -OCH3 is 2. The van der Waals surface area contributed by atoms with Crippen LogP contribution in [0.5, 0.6) is 11.6 Å². The van der Waals surface area contributed by atoms with Crippen LogP contribution >= 0.6 is 0 Å². The molecule has 1 heterocycles. The minimum atomic E-state index is -0.295. The number of rotatable bonds is 9. The number of ether oxygens (including phenoxy) is 2. The SMILES string of the molecule is COc1ccccc1CCCNC(=O)c1nnn(Cc2ccccc2)c1OC. The molecular formula is C21H24N4O3. The molecule has 1 N–H and O–H groups in total. The van der Waals surface area contributed by atoms with E-state index in [1.807, 2.05) is 54.6 Å². The van der Waals surface area contributed by atoms with Crippen molar-refractivity contribution in [2.45, 2.75) is 19.4 Å². The zero-order valence-corrected chi connectivity index (χ0v) is 16.1. The van der Waals surface area contributed by atoms with E-state index in [4.69, 9.17) is 9.47 Å². The highest BCUT2D eigenvalue weighted by atomic mass is 16.5. The minimum absolute atomic E-state index is 0.190. The molecule has 0 aliphatic carbocycles. The minimum Gasteiger partial charge on any atom is -0.496 e. The lowest BCUT2D eigenvalue weighted by Gasteiger charge is -2.09. The number of hydrogen-bond acceptors (Lipinski definition) is 5. The largest absolute Gasteiger partial charge is 0.496 e. The molecule has 0 saturated heterocycles. The summed E-state index contributed by atoms with van der Waals surface area (Å²) in [6.45, 7) is 1.00. The molecule has 2 aromatic carbocycles. The normalized spacial score (nSPS) is 10.5. The van der Waals surface area contributed by atoms with E-state index >= 15 is 0 Å². The molecule has 1 amide bonds. The number of para-hydroxylation sites is 1. The maximum absolute atomic E-state index is 12.5. The molecule has 1 aromatic heterocycles. The van der Waals surface area contributed by atoms with Crippen LogP contribution in [0.2, 0.25) is 0 Å². The zero-order valence-electron chi connectivity index (χ0n) is 16.1. The van der Waals surface area contributed by atoms with Gasteiger partial charge in [-0.15, -0.1) is 5.10 Å². The van der Waals surface area contributed by atoms with E-state index < -0.39 is 0 Å². The number of nitrogens with zero attached hydrogens (tertiary/aromatic N) is 3. The molecule has 0 fully saturated rings. The molecule has 28 heavy (non-hydrogen) atoms. The number of aryl methyl sites for hydroxylation is 1. The molecule has 146 valence electrons. The van der Waals surface area contributed by atoms with E-state index in [-0.39, 0.29) is 11.6 Å². The lowest BCUT2D eigenvalue weighted by molar-refractivity contribution is 0.0944. The van der Waals surface area contributed by atoms with Crippen LogP contribution in [-0.2, 0) is 13.0 Å². The van der Waals surface area contributed by atoms with Gasteiger partial charge in [0.2, 0.25) is 11.6 Å². The Morgan fingerprint density at radius 1 is 1.04 bits per heavy atom. The molecule has 7 heteroatoms. The lowest BCUT2D eigenvalue weighted by Crippen LogP contribution is -2.25. The summed E-state index contributed by atoms with van der Waals surface area (Å²) in [7, 11) is 3.17. The predicted octanol–water partition coefficient (Wildman–Crippen LogP) is 2.71. The Morgan fingerprint density at radius 3 is 2.54 bits per heavy atom. The van der Waals surface area contributed by atoms with Gasteiger partial charge in [-0.1, -0.05) is 53.7 Å². The maximum atomic E-state index is 12.5. The highest BCUT2D eigenvalue weighted by Gasteiger charge is 2.20. The van der Waals surface area contributed by atoms with E-state index in [9.17, 15) is 4.79 Å². The van der Waals surface area contributed by atoms with Crippen LogP contribution in [0.1, 0.15) is 28.0 Å². The summed E-state index contributed by atoms with van der Waals surface area (Å²) >= 11 is 0. The van der Waals surface area contributed by atoms with Gasteiger partial charge in [0, 0.05) is 6.54 Å². The molecule has 0 aliphatic rings. The molecule has 0 unspecified atom stereocenters. The van der Waals surface area contributed by atoms with Crippen molar-refractivity contribution in [1.29, 1.82) is 0 Å². The molecule has 0 spiro atoms. The van der Waals surface area contributed by atoms with Gasteiger partial charge in [-0.25, -0.2) is 4.68 Å². The fourth-order valence-corrected chi connectivity index (χ4v) is 2.98. The van der Waals surface area contributed by atoms with Gasteiger partial charge >= 0.3 is 0 Å². The average molecular weight is 380 g/mol. The highest BCUT2D eigenvalue weighted by Crippen LogP contribution is 2.19. The standard InChI is InChI=1S/C21H24N4O3/c1-27-18-13-7-6-11-17(18)12-8-14-22-20(26)19-21(28-2)25(24-23-19)15-16-9-4-3-5-10-16/h3-7,9-11,13H,8,12,14-15H2,1-2H3,(H,22,26). The van der Waals surface area contributed by atoms with E-state index in [1.165, 1.54) is 7.11 Å². The van der Waals surface area contributed by atoms with Gasteiger partial charge in [-0.2, -0.15) is 0 Å². The number of carbonyl (C=O) groups excluding carboxylic acids is 1. The molecule has 0 aliphatic heterocycles. The van der Waals surface area contributed by atoms with Crippen molar-refractivity contribution >= 4 is 5.91 Å². The third kappa shape index (κ3) is 4.68. The maximum Gasteiger partial charge on any atom is 0.277 e. The van der Waals surface area contributed by atoms with Crippen molar-refractivity contribution in [2.75, 3.05) is 20.8 Å². The van der Waals surface area contributed by atoms with Crippen molar-refractivity contribution in [3.05, 3.63) is 71.4 Å². The Kier molecular flexibility index (Phi) is 6.62. The first-order valence-electron chi connectivity index (χ1n) is 9.14. The zero-order chi connectivity index (χ0) is 19.8. The van der Waals surface area contributed by atoms with Crippen LogP contribution in [0.25, 0.3) is 0 Å². The quantitative estimate of drug-likeness (QED) is 0.578. The van der Waals surface area contributed by atoms with Gasteiger partial charge in [0.15, 0.2) is 0 Å². The molecule has 3 rings (SSSR count). The smallest absolute Gasteiger partial charge is 0.277 e. The first kappa shape index (κ1) is 19.4. The van der Waals surface area contributed by atoms with Crippen molar-refractivity contribution in [2.24, 2.45) is 0 Å². The number of nitrogens with one attached hydrogen (secondary N) is 1.